The zero-order chi connectivity index (χ0) is 20.4. The summed E-state index contributed by atoms with van der Waals surface area (Å²) in [6.07, 6.45) is 0.214. The summed E-state index contributed by atoms with van der Waals surface area (Å²) in [4.78, 5) is 0. The van der Waals surface area contributed by atoms with Gasteiger partial charge in [0.2, 0.25) is 0 Å². The Hall–Kier alpha value is -2.22. The molecule has 4 atom stereocenters. The number of aliphatic hydroxyl groups excluding tert-OH is 2. The molecule has 2 heterocycles. The van der Waals surface area contributed by atoms with Crippen molar-refractivity contribution in [3.8, 4) is 11.5 Å². The summed E-state index contributed by atoms with van der Waals surface area (Å²) in [6, 6.07) is 8.79. The van der Waals surface area contributed by atoms with E-state index in [0.29, 0.717) is 37.2 Å². The van der Waals surface area contributed by atoms with Crippen molar-refractivity contribution in [1.29, 1.82) is 0 Å². The van der Waals surface area contributed by atoms with Crippen LogP contribution in [0.3, 0.4) is 0 Å². The van der Waals surface area contributed by atoms with Gasteiger partial charge in [-0.2, -0.15) is 0 Å². The van der Waals surface area contributed by atoms with Crippen LogP contribution in [-0.2, 0) is 12.8 Å². The van der Waals surface area contributed by atoms with Gasteiger partial charge in [0, 0.05) is 13.1 Å². The van der Waals surface area contributed by atoms with E-state index >= 15 is 0 Å². The van der Waals surface area contributed by atoms with Crippen molar-refractivity contribution in [2.75, 3.05) is 13.1 Å². The molecular weight excluding hydrogens is 380 g/mol. The number of aryl methyl sites for hydroxylation is 2. The lowest BCUT2D eigenvalue weighted by Gasteiger charge is -2.31. The molecule has 0 saturated heterocycles. The number of rotatable bonds is 6. The molecule has 0 aromatic heterocycles. The number of hydrogen-bond acceptors (Lipinski definition) is 5. The Kier molecular flexibility index (Phi) is 5.99. The van der Waals surface area contributed by atoms with Crippen molar-refractivity contribution in [3.63, 3.8) is 0 Å². The van der Waals surface area contributed by atoms with Crippen molar-refractivity contribution in [1.82, 2.24) is 5.32 Å². The minimum absolute atomic E-state index is 0.257. The average Bonchev–Trinajstić information content (AvgIpc) is 2.72. The molecule has 0 amide bonds. The molecule has 0 spiro atoms. The van der Waals surface area contributed by atoms with Gasteiger partial charge in [-0.25, -0.2) is 8.78 Å². The van der Waals surface area contributed by atoms with Gasteiger partial charge in [-0.15, -0.1) is 0 Å². The van der Waals surface area contributed by atoms with E-state index in [2.05, 4.69) is 5.32 Å². The Morgan fingerprint density at radius 3 is 1.72 bits per heavy atom. The molecule has 0 saturated carbocycles. The molecule has 0 bridgehead atoms. The van der Waals surface area contributed by atoms with Gasteiger partial charge < -0.3 is 25.0 Å². The first-order valence-electron chi connectivity index (χ1n) is 9.96. The highest BCUT2D eigenvalue weighted by molar-refractivity contribution is 5.36. The zero-order valence-electron chi connectivity index (χ0n) is 16.0. The third kappa shape index (κ3) is 4.69. The van der Waals surface area contributed by atoms with E-state index in [4.69, 9.17) is 9.47 Å². The maximum absolute atomic E-state index is 13.3. The zero-order valence-corrected chi connectivity index (χ0v) is 16.0. The van der Waals surface area contributed by atoms with E-state index in [1.807, 2.05) is 0 Å². The van der Waals surface area contributed by atoms with Crippen LogP contribution in [0.5, 0.6) is 11.5 Å². The number of hydrogen-bond donors (Lipinski definition) is 3. The number of aliphatic hydroxyl groups is 2. The second-order valence-electron chi connectivity index (χ2n) is 7.69. The van der Waals surface area contributed by atoms with E-state index in [-0.39, 0.29) is 36.9 Å². The largest absolute Gasteiger partial charge is 0.487 e. The molecule has 2 aliphatic rings. The van der Waals surface area contributed by atoms with Gasteiger partial charge in [-0.3, -0.25) is 0 Å². The number of ether oxygens (including phenoxy) is 2. The second-order valence-corrected chi connectivity index (χ2v) is 7.69. The van der Waals surface area contributed by atoms with Crippen LogP contribution in [-0.4, -0.2) is 47.7 Å². The summed E-state index contributed by atoms with van der Waals surface area (Å²) < 4.78 is 38.2. The third-order valence-electron chi connectivity index (χ3n) is 5.56. The predicted molar refractivity (Wildman–Crippen MR) is 103 cm³/mol. The van der Waals surface area contributed by atoms with Gasteiger partial charge in [0.15, 0.2) is 0 Å². The van der Waals surface area contributed by atoms with Crippen LogP contribution in [0, 0.1) is 11.6 Å². The fraction of sp³-hybridized carbons (Fsp3) is 0.455. The average molecular weight is 405 g/mol. The molecule has 29 heavy (non-hydrogen) atoms. The lowest BCUT2D eigenvalue weighted by Crippen LogP contribution is -2.46. The maximum atomic E-state index is 13.3. The lowest BCUT2D eigenvalue weighted by atomic mass is 9.98. The molecule has 2 aliphatic heterocycles. The van der Waals surface area contributed by atoms with Crippen LogP contribution in [0.4, 0.5) is 8.78 Å². The molecule has 0 fully saturated rings. The van der Waals surface area contributed by atoms with Crippen molar-refractivity contribution in [2.45, 2.75) is 50.1 Å². The first-order chi connectivity index (χ1) is 14.0. The minimum atomic E-state index is -0.753. The molecule has 5 nitrogen and oxygen atoms in total. The molecular formula is C22H25F2NO4. The van der Waals surface area contributed by atoms with E-state index < -0.39 is 12.2 Å². The van der Waals surface area contributed by atoms with Crippen molar-refractivity contribution < 1.29 is 28.5 Å². The SMILES string of the molecule is O[C@H](CNC[C@@H](O)[C@@H]1CCc2cc(F)ccc2O1)[C@@H]1CCc2cc(F)ccc2O1. The molecule has 0 unspecified atom stereocenters. The highest BCUT2D eigenvalue weighted by Crippen LogP contribution is 2.30. The number of benzene rings is 2. The number of fused-ring (bicyclic) bond motifs is 2. The summed E-state index contributed by atoms with van der Waals surface area (Å²) >= 11 is 0. The highest BCUT2D eigenvalue weighted by Gasteiger charge is 2.29. The highest BCUT2D eigenvalue weighted by atomic mass is 19.1. The monoisotopic (exact) mass is 405 g/mol. The van der Waals surface area contributed by atoms with E-state index in [1.165, 1.54) is 24.3 Å². The van der Waals surface area contributed by atoms with Crippen LogP contribution in [0.2, 0.25) is 0 Å². The Morgan fingerprint density at radius 2 is 1.28 bits per heavy atom. The Labute approximate surface area is 168 Å². The Morgan fingerprint density at radius 1 is 0.828 bits per heavy atom. The standard InChI is InChI=1S/C22H25F2NO4/c23-15-3-7-19-13(9-15)1-5-21(28-19)17(26)11-25-12-18(27)22-6-2-14-10-16(24)4-8-20(14)29-22/h3-4,7-10,17-18,21-22,25-27H,1-2,5-6,11-12H2/t17-,18-,21+,22+/m1/s1. The van der Waals surface area contributed by atoms with E-state index in [0.717, 1.165) is 11.1 Å². The second kappa shape index (κ2) is 8.65. The summed E-state index contributed by atoms with van der Waals surface area (Å²) in [5.74, 6) is 0.624. The first kappa shape index (κ1) is 20.1. The third-order valence-corrected chi connectivity index (χ3v) is 5.56. The normalized spacial score (nSPS) is 22.6. The smallest absolute Gasteiger partial charge is 0.126 e. The van der Waals surface area contributed by atoms with E-state index in [9.17, 15) is 19.0 Å². The van der Waals surface area contributed by atoms with Crippen LogP contribution in [0.1, 0.15) is 24.0 Å². The van der Waals surface area contributed by atoms with Crippen molar-refractivity contribution in [2.24, 2.45) is 0 Å². The lowest BCUT2D eigenvalue weighted by molar-refractivity contribution is 0.00892. The maximum Gasteiger partial charge on any atom is 0.126 e. The first-order valence-corrected chi connectivity index (χ1v) is 9.96. The molecule has 3 N–H and O–H groups in total. The molecule has 2 aromatic rings. The predicted octanol–water partition coefficient (Wildman–Crippen LogP) is 2.36. The van der Waals surface area contributed by atoms with Crippen LogP contribution in [0.15, 0.2) is 36.4 Å². The molecule has 4 rings (SSSR count). The fourth-order valence-corrected chi connectivity index (χ4v) is 3.94. The Balaban J connectivity index is 1.24. The number of halogens is 2. The molecule has 7 heteroatoms. The van der Waals surface area contributed by atoms with Gasteiger partial charge in [-0.1, -0.05) is 0 Å². The topological polar surface area (TPSA) is 71.0 Å². The molecule has 0 radical (unpaired) electrons. The summed E-state index contributed by atoms with van der Waals surface area (Å²) in [6.45, 7) is 0.513. The molecule has 2 aromatic carbocycles. The Bertz CT molecular complexity index is 793. The van der Waals surface area contributed by atoms with Gasteiger partial charge in [0.1, 0.15) is 47.5 Å². The minimum Gasteiger partial charge on any atom is -0.487 e. The van der Waals surface area contributed by atoms with Gasteiger partial charge >= 0.3 is 0 Å². The van der Waals surface area contributed by atoms with E-state index in [1.54, 1.807) is 12.1 Å². The molecule has 156 valence electrons. The van der Waals surface area contributed by atoms with Crippen LogP contribution in [0.25, 0.3) is 0 Å². The number of nitrogens with one attached hydrogen (secondary N) is 1. The summed E-state index contributed by atoms with van der Waals surface area (Å²) in [5, 5.41) is 23.9. The summed E-state index contributed by atoms with van der Waals surface area (Å²) in [7, 11) is 0. The van der Waals surface area contributed by atoms with Crippen LogP contribution < -0.4 is 14.8 Å². The van der Waals surface area contributed by atoms with Crippen LogP contribution >= 0.6 is 0 Å². The van der Waals surface area contributed by atoms with Gasteiger partial charge in [0.25, 0.3) is 0 Å². The molecule has 0 aliphatic carbocycles. The van der Waals surface area contributed by atoms with Gasteiger partial charge in [0.05, 0.1) is 0 Å². The quantitative estimate of drug-likeness (QED) is 0.688. The van der Waals surface area contributed by atoms with Crippen molar-refractivity contribution >= 4 is 0 Å². The summed E-state index contributed by atoms with van der Waals surface area (Å²) in [5.41, 5.74) is 1.62. The fourth-order valence-electron chi connectivity index (χ4n) is 3.94. The van der Waals surface area contributed by atoms with Crippen molar-refractivity contribution in [3.05, 3.63) is 59.2 Å². The van der Waals surface area contributed by atoms with Gasteiger partial charge in [-0.05, 0) is 73.2 Å².